The largest absolute Gasteiger partial charge is 0.493 e. The number of nitrogens with zero attached hydrogens (tertiary/aromatic N) is 4. The Kier molecular flexibility index (Phi) is 5.57. The van der Waals surface area contributed by atoms with Gasteiger partial charge in [0, 0.05) is 17.4 Å². The summed E-state index contributed by atoms with van der Waals surface area (Å²) in [6, 6.07) is 2.44. The molecule has 4 rings (SSSR count). The maximum atomic E-state index is 12.6. The number of ether oxygens (including phenoxy) is 2. The van der Waals surface area contributed by atoms with Crippen LogP contribution in [0.2, 0.25) is 0 Å². The lowest BCUT2D eigenvalue weighted by atomic mass is 10.1. The second kappa shape index (κ2) is 8.45. The van der Waals surface area contributed by atoms with Crippen molar-refractivity contribution in [3.8, 4) is 11.5 Å². The number of hydrogen-bond donors (Lipinski definition) is 1. The minimum absolute atomic E-state index is 0.0416. The molecule has 0 unspecified atom stereocenters. The molecule has 0 aliphatic heterocycles. The first-order valence-corrected chi connectivity index (χ1v) is 9.96. The molecule has 1 aliphatic carbocycles. The summed E-state index contributed by atoms with van der Waals surface area (Å²) < 4.78 is 16.0. The van der Waals surface area contributed by atoms with E-state index in [4.69, 9.17) is 14.0 Å². The van der Waals surface area contributed by atoms with Crippen LogP contribution in [-0.4, -0.2) is 33.1 Å². The lowest BCUT2D eigenvalue weighted by molar-refractivity contribution is -0.385. The highest BCUT2D eigenvalue weighted by Gasteiger charge is 2.29. The highest BCUT2D eigenvalue weighted by Crippen LogP contribution is 2.38. The highest BCUT2D eigenvalue weighted by atomic mass is 32.1. The Balaban J connectivity index is 1.51. The van der Waals surface area contributed by atoms with Crippen molar-refractivity contribution in [2.24, 2.45) is 0 Å². The fourth-order valence-electron chi connectivity index (χ4n) is 2.71. The lowest BCUT2D eigenvalue weighted by Gasteiger charge is -2.12. The number of benzene rings is 1. The Bertz CT molecular complexity index is 1060. The molecule has 1 N–H and O–H groups in total. The molecule has 30 heavy (non-hydrogen) atoms. The third-order valence-electron chi connectivity index (χ3n) is 4.41. The predicted molar refractivity (Wildman–Crippen MR) is 104 cm³/mol. The van der Waals surface area contributed by atoms with Crippen molar-refractivity contribution < 1.29 is 23.7 Å². The standard InChI is InChI=1S/C18H17N5O6S/c1-27-14-4-12(18(24)19-6-16-21-17(22-29-16)10-2-3-10)13(23(25)26)5-15(14)28-7-11-8-30-9-20-11/h4-5,8-10H,2-3,6-7H2,1H3,(H,19,24). The van der Waals surface area contributed by atoms with E-state index < -0.39 is 16.5 Å². The van der Waals surface area contributed by atoms with Gasteiger partial charge in [-0.15, -0.1) is 11.3 Å². The Labute approximate surface area is 174 Å². The van der Waals surface area contributed by atoms with Crippen molar-refractivity contribution >= 4 is 22.9 Å². The summed E-state index contributed by atoms with van der Waals surface area (Å²) in [7, 11) is 1.39. The van der Waals surface area contributed by atoms with Gasteiger partial charge in [-0.1, -0.05) is 5.16 Å². The lowest BCUT2D eigenvalue weighted by Crippen LogP contribution is -2.24. The van der Waals surface area contributed by atoms with Crippen LogP contribution < -0.4 is 14.8 Å². The average Bonchev–Trinajstić information content (AvgIpc) is 3.26. The molecule has 3 aromatic rings. The van der Waals surface area contributed by atoms with E-state index in [1.165, 1.54) is 24.5 Å². The van der Waals surface area contributed by atoms with Gasteiger partial charge in [0.05, 0.1) is 35.8 Å². The Morgan fingerprint density at radius 1 is 1.40 bits per heavy atom. The van der Waals surface area contributed by atoms with Gasteiger partial charge in [0.1, 0.15) is 12.2 Å². The first kappa shape index (κ1) is 19.8. The van der Waals surface area contributed by atoms with Gasteiger partial charge in [0.25, 0.3) is 11.6 Å². The summed E-state index contributed by atoms with van der Waals surface area (Å²) in [6.45, 7) is 0.0726. The van der Waals surface area contributed by atoms with Gasteiger partial charge in [0.15, 0.2) is 17.3 Å². The number of hydrogen-bond acceptors (Lipinski definition) is 10. The molecule has 0 radical (unpaired) electrons. The van der Waals surface area contributed by atoms with Gasteiger partial charge in [-0.05, 0) is 12.8 Å². The van der Waals surface area contributed by atoms with E-state index in [1.54, 1.807) is 10.9 Å². The van der Waals surface area contributed by atoms with Gasteiger partial charge < -0.3 is 19.3 Å². The van der Waals surface area contributed by atoms with Crippen molar-refractivity contribution in [1.82, 2.24) is 20.4 Å². The van der Waals surface area contributed by atoms with E-state index in [0.717, 1.165) is 18.9 Å². The molecule has 0 bridgehead atoms. The monoisotopic (exact) mass is 431 g/mol. The molecule has 0 spiro atoms. The molecule has 1 saturated carbocycles. The maximum absolute atomic E-state index is 12.6. The Morgan fingerprint density at radius 3 is 2.90 bits per heavy atom. The second-order valence-corrected chi connectivity index (χ2v) is 7.27. The number of carbonyl (C=O) groups is 1. The number of rotatable bonds is 9. The van der Waals surface area contributed by atoms with Crippen LogP contribution in [0.3, 0.4) is 0 Å². The van der Waals surface area contributed by atoms with Crippen LogP contribution in [0.1, 0.15) is 46.5 Å². The van der Waals surface area contributed by atoms with Gasteiger partial charge in [0.2, 0.25) is 5.89 Å². The van der Waals surface area contributed by atoms with Crippen LogP contribution in [0.25, 0.3) is 0 Å². The molecule has 0 saturated heterocycles. The highest BCUT2D eigenvalue weighted by molar-refractivity contribution is 7.07. The van der Waals surface area contributed by atoms with Crippen LogP contribution >= 0.6 is 11.3 Å². The maximum Gasteiger partial charge on any atom is 0.286 e. The van der Waals surface area contributed by atoms with E-state index in [1.807, 2.05) is 0 Å². The minimum atomic E-state index is -0.669. The zero-order valence-electron chi connectivity index (χ0n) is 15.9. The molecule has 1 amide bonds. The zero-order valence-corrected chi connectivity index (χ0v) is 16.7. The SMILES string of the molecule is COc1cc(C(=O)NCc2nc(C3CC3)no2)c([N+](=O)[O-])cc1OCc1cscn1. The normalized spacial score (nSPS) is 13.1. The zero-order chi connectivity index (χ0) is 21.1. The quantitative estimate of drug-likeness (QED) is 0.399. The number of thiazole rings is 1. The summed E-state index contributed by atoms with van der Waals surface area (Å²) in [5.74, 6) is 0.837. The molecule has 2 heterocycles. The molecule has 2 aromatic heterocycles. The summed E-state index contributed by atoms with van der Waals surface area (Å²) >= 11 is 1.41. The molecule has 1 fully saturated rings. The number of methoxy groups -OCH3 is 1. The molecular formula is C18H17N5O6S. The summed E-state index contributed by atoms with van der Waals surface area (Å²) in [6.07, 6.45) is 2.04. The van der Waals surface area contributed by atoms with E-state index in [9.17, 15) is 14.9 Å². The van der Waals surface area contributed by atoms with E-state index in [-0.39, 0.29) is 36.1 Å². The van der Waals surface area contributed by atoms with Gasteiger partial charge >= 0.3 is 0 Å². The van der Waals surface area contributed by atoms with E-state index in [2.05, 4.69) is 20.4 Å². The molecule has 12 heteroatoms. The average molecular weight is 431 g/mol. The molecule has 156 valence electrons. The fraction of sp³-hybridized carbons (Fsp3) is 0.333. The first-order valence-electron chi connectivity index (χ1n) is 9.02. The van der Waals surface area contributed by atoms with Gasteiger partial charge in [-0.3, -0.25) is 14.9 Å². The number of nitro benzene ring substituents is 1. The fourth-order valence-corrected chi connectivity index (χ4v) is 3.26. The van der Waals surface area contributed by atoms with Crippen LogP contribution in [-0.2, 0) is 13.2 Å². The van der Waals surface area contributed by atoms with E-state index >= 15 is 0 Å². The topological polar surface area (TPSA) is 143 Å². The third-order valence-corrected chi connectivity index (χ3v) is 5.04. The van der Waals surface area contributed by atoms with Crippen molar-refractivity contribution in [3.63, 3.8) is 0 Å². The van der Waals surface area contributed by atoms with Crippen molar-refractivity contribution in [2.45, 2.75) is 31.9 Å². The van der Waals surface area contributed by atoms with Gasteiger partial charge in [-0.25, -0.2) is 4.98 Å². The minimum Gasteiger partial charge on any atom is -0.493 e. The van der Waals surface area contributed by atoms with Crippen LogP contribution in [0.15, 0.2) is 27.5 Å². The second-order valence-electron chi connectivity index (χ2n) is 6.55. The molecule has 11 nitrogen and oxygen atoms in total. The molecule has 0 atom stereocenters. The summed E-state index contributed by atoms with van der Waals surface area (Å²) in [5.41, 5.74) is 1.75. The number of amides is 1. The number of nitro groups is 1. The van der Waals surface area contributed by atoms with Crippen LogP contribution in [0.5, 0.6) is 11.5 Å². The number of nitrogens with one attached hydrogen (secondary N) is 1. The molecule has 1 aromatic carbocycles. The van der Waals surface area contributed by atoms with Gasteiger partial charge in [-0.2, -0.15) is 4.98 Å². The van der Waals surface area contributed by atoms with E-state index in [0.29, 0.717) is 17.4 Å². The Morgan fingerprint density at radius 2 is 2.23 bits per heavy atom. The van der Waals surface area contributed by atoms with Crippen LogP contribution in [0, 0.1) is 10.1 Å². The van der Waals surface area contributed by atoms with Crippen molar-refractivity contribution in [3.05, 3.63) is 56.1 Å². The summed E-state index contributed by atoms with van der Waals surface area (Å²) in [5, 5.41) is 19.8. The summed E-state index contributed by atoms with van der Waals surface area (Å²) in [4.78, 5) is 31.8. The first-order chi connectivity index (χ1) is 14.5. The number of carbonyl (C=O) groups excluding carboxylic acids is 1. The molecule has 1 aliphatic rings. The molecular weight excluding hydrogens is 414 g/mol. The predicted octanol–water partition coefficient (Wildman–Crippen LogP) is 2.83. The smallest absolute Gasteiger partial charge is 0.286 e. The third kappa shape index (κ3) is 4.38. The number of aromatic nitrogens is 3. The van der Waals surface area contributed by atoms with Crippen molar-refractivity contribution in [2.75, 3.05) is 7.11 Å². The van der Waals surface area contributed by atoms with Crippen LogP contribution in [0.4, 0.5) is 5.69 Å². The van der Waals surface area contributed by atoms with Crippen molar-refractivity contribution in [1.29, 1.82) is 0 Å². The Hall–Kier alpha value is -3.54.